The first kappa shape index (κ1) is 21.6. The highest BCUT2D eigenvalue weighted by Crippen LogP contribution is 2.34. The Bertz CT molecular complexity index is 1090. The molecule has 4 heterocycles. The molecule has 1 aromatic carbocycles. The number of likely N-dealkylation sites (tertiary alicyclic amines) is 1. The molecular formula is C22H28N4O4S2. The summed E-state index contributed by atoms with van der Waals surface area (Å²) in [5, 5.41) is 6.04. The predicted octanol–water partition coefficient (Wildman–Crippen LogP) is 2.41. The molecule has 3 atom stereocenters. The van der Waals surface area contributed by atoms with Crippen molar-refractivity contribution in [1.29, 1.82) is 0 Å². The van der Waals surface area contributed by atoms with E-state index in [2.05, 4.69) is 16.7 Å². The predicted molar refractivity (Wildman–Crippen MR) is 123 cm³/mol. The number of thiazole rings is 1. The summed E-state index contributed by atoms with van der Waals surface area (Å²) in [6, 6.07) is 7.23. The van der Waals surface area contributed by atoms with Gasteiger partial charge in [-0.05, 0) is 37.8 Å². The number of hydrogen-bond donors (Lipinski definition) is 2. The van der Waals surface area contributed by atoms with Gasteiger partial charge in [0.05, 0.1) is 38.3 Å². The number of urea groups is 1. The lowest BCUT2D eigenvalue weighted by molar-refractivity contribution is -0.132. The van der Waals surface area contributed by atoms with Crippen LogP contribution in [-0.4, -0.2) is 66.4 Å². The van der Waals surface area contributed by atoms with E-state index in [1.54, 1.807) is 11.3 Å². The van der Waals surface area contributed by atoms with E-state index in [9.17, 15) is 18.0 Å². The maximum Gasteiger partial charge on any atom is 0.315 e. The van der Waals surface area contributed by atoms with Crippen molar-refractivity contribution in [2.24, 2.45) is 0 Å². The number of carbonyl (C=O) groups excluding carboxylic acids is 2. The molecule has 0 saturated carbocycles. The lowest BCUT2D eigenvalue weighted by Gasteiger charge is -2.31. The Morgan fingerprint density at radius 1 is 1.16 bits per heavy atom. The molecule has 32 heavy (non-hydrogen) atoms. The maximum absolute atomic E-state index is 12.7. The van der Waals surface area contributed by atoms with Gasteiger partial charge in [0.1, 0.15) is 0 Å². The van der Waals surface area contributed by atoms with E-state index in [0.717, 1.165) is 31.4 Å². The smallest absolute Gasteiger partial charge is 0.315 e. The van der Waals surface area contributed by atoms with Crippen molar-refractivity contribution in [2.45, 2.75) is 61.8 Å². The molecule has 5 rings (SSSR count). The van der Waals surface area contributed by atoms with Crippen molar-refractivity contribution in [3.05, 3.63) is 29.3 Å². The van der Waals surface area contributed by atoms with Gasteiger partial charge in [0.2, 0.25) is 5.91 Å². The molecule has 1 aromatic heterocycles. The van der Waals surface area contributed by atoms with Crippen molar-refractivity contribution in [3.63, 3.8) is 0 Å². The van der Waals surface area contributed by atoms with Crippen molar-refractivity contribution < 1.29 is 18.0 Å². The summed E-state index contributed by atoms with van der Waals surface area (Å²) in [7, 11) is -3.21. The minimum absolute atomic E-state index is 0.00358. The minimum atomic E-state index is -3.21. The summed E-state index contributed by atoms with van der Waals surface area (Å²) in [5.41, 5.74) is 1.05. The molecule has 3 amide bonds. The maximum atomic E-state index is 12.7. The summed E-state index contributed by atoms with van der Waals surface area (Å²) in [6.45, 7) is 1.50. The van der Waals surface area contributed by atoms with E-state index in [1.165, 1.54) is 9.71 Å². The highest BCUT2D eigenvalue weighted by molar-refractivity contribution is 7.92. The molecule has 0 spiro atoms. The number of amides is 3. The fourth-order valence-electron chi connectivity index (χ4n) is 5.23. The summed E-state index contributed by atoms with van der Waals surface area (Å²) in [5.74, 6) is 0.562. The SMILES string of the molecule is O=C1NC2CS(=O)(=O)C(CCCCC(=O)N3CCC(c4nc5ccccc5s4)CC3)C2N1. The van der Waals surface area contributed by atoms with Gasteiger partial charge in [-0.2, -0.15) is 0 Å². The third-order valence-electron chi connectivity index (χ3n) is 6.96. The Morgan fingerprint density at radius 2 is 1.94 bits per heavy atom. The van der Waals surface area contributed by atoms with Crippen LogP contribution in [0.4, 0.5) is 4.79 Å². The van der Waals surface area contributed by atoms with Crippen LogP contribution in [0.3, 0.4) is 0 Å². The lowest BCUT2D eigenvalue weighted by Crippen LogP contribution is -2.39. The van der Waals surface area contributed by atoms with Gasteiger partial charge in [-0.15, -0.1) is 11.3 Å². The Morgan fingerprint density at radius 3 is 2.72 bits per heavy atom. The number of fused-ring (bicyclic) bond motifs is 2. The van der Waals surface area contributed by atoms with Gasteiger partial charge in [0, 0.05) is 25.4 Å². The van der Waals surface area contributed by atoms with Crippen LogP contribution in [-0.2, 0) is 14.6 Å². The number of carbonyl (C=O) groups is 2. The number of sulfone groups is 1. The van der Waals surface area contributed by atoms with E-state index >= 15 is 0 Å². The molecule has 3 aliphatic heterocycles. The number of rotatable bonds is 6. The zero-order valence-electron chi connectivity index (χ0n) is 17.8. The first-order chi connectivity index (χ1) is 15.4. The van der Waals surface area contributed by atoms with Crippen molar-refractivity contribution >= 4 is 43.3 Å². The third-order valence-corrected chi connectivity index (χ3v) is 10.4. The number of unbranched alkanes of at least 4 members (excludes halogenated alkanes) is 1. The second-order valence-electron chi connectivity index (χ2n) is 9.04. The molecule has 3 fully saturated rings. The Kier molecular flexibility index (Phi) is 5.83. The van der Waals surface area contributed by atoms with E-state index in [4.69, 9.17) is 4.98 Å². The molecule has 3 saturated heterocycles. The number of nitrogens with zero attached hydrogens (tertiary/aromatic N) is 2. The van der Waals surface area contributed by atoms with E-state index in [1.807, 2.05) is 23.1 Å². The third kappa shape index (κ3) is 4.22. The molecular weight excluding hydrogens is 448 g/mol. The van der Waals surface area contributed by atoms with E-state index < -0.39 is 15.1 Å². The Balaban J connectivity index is 1.07. The van der Waals surface area contributed by atoms with Crippen LogP contribution < -0.4 is 10.6 Å². The van der Waals surface area contributed by atoms with Crippen LogP contribution in [0, 0.1) is 0 Å². The molecule has 10 heteroatoms. The number of nitrogens with one attached hydrogen (secondary N) is 2. The van der Waals surface area contributed by atoms with Gasteiger partial charge in [-0.25, -0.2) is 18.2 Å². The highest BCUT2D eigenvalue weighted by atomic mass is 32.2. The van der Waals surface area contributed by atoms with Crippen LogP contribution in [0.5, 0.6) is 0 Å². The van der Waals surface area contributed by atoms with E-state index in [-0.39, 0.29) is 29.8 Å². The molecule has 2 N–H and O–H groups in total. The topological polar surface area (TPSA) is 108 Å². The van der Waals surface area contributed by atoms with Crippen molar-refractivity contribution in [3.8, 4) is 0 Å². The number of aromatic nitrogens is 1. The molecule has 2 aromatic rings. The summed E-state index contributed by atoms with van der Waals surface area (Å²) >= 11 is 1.75. The lowest BCUT2D eigenvalue weighted by atomic mass is 9.97. The van der Waals surface area contributed by atoms with Gasteiger partial charge in [0.15, 0.2) is 9.84 Å². The van der Waals surface area contributed by atoms with E-state index in [0.29, 0.717) is 31.6 Å². The molecule has 172 valence electrons. The average molecular weight is 477 g/mol. The highest BCUT2D eigenvalue weighted by Gasteiger charge is 2.51. The zero-order chi connectivity index (χ0) is 22.3. The standard InChI is InChI=1S/C22H28N4O4S2/c27-19(8-4-3-7-18-20-16(13-32(18,29)30)24-22(28)25-20)26-11-9-14(10-12-26)21-23-15-5-1-2-6-17(15)31-21/h1-2,5-6,14,16,18,20H,3-4,7-13H2,(H2,24,25,28). The molecule has 0 bridgehead atoms. The summed E-state index contributed by atoms with van der Waals surface area (Å²) < 4.78 is 26.0. The zero-order valence-corrected chi connectivity index (χ0v) is 19.5. The summed E-state index contributed by atoms with van der Waals surface area (Å²) in [4.78, 5) is 30.9. The molecule has 3 unspecified atom stereocenters. The first-order valence-corrected chi connectivity index (χ1v) is 13.9. The first-order valence-electron chi connectivity index (χ1n) is 11.3. The Hall–Kier alpha value is -2.20. The minimum Gasteiger partial charge on any atom is -0.343 e. The van der Waals surface area contributed by atoms with Gasteiger partial charge >= 0.3 is 6.03 Å². The van der Waals surface area contributed by atoms with Crippen molar-refractivity contribution in [1.82, 2.24) is 20.5 Å². The quantitative estimate of drug-likeness (QED) is 0.492. The normalized spacial score (nSPS) is 27.3. The number of para-hydroxylation sites is 1. The van der Waals surface area contributed by atoms with Crippen molar-refractivity contribution in [2.75, 3.05) is 18.8 Å². The van der Waals surface area contributed by atoms with Crippen LogP contribution in [0.1, 0.15) is 49.5 Å². The second-order valence-corrected chi connectivity index (χ2v) is 12.4. The van der Waals surface area contributed by atoms with Crippen LogP contribution in [0.25, 0.3) is 10.2 Å². The monoisotopic (exact) mass is 476 g/mol. The molecule has 8 nitrogen and oxygen atoms in total. The van der Waals surface area contributed by atoms with Gasteiger partial charge in [-0.3, -0.25) is 4.79 Å². The average Bonchev–Trinajstić information content (AvgIpc) is 3.41. The largest absolute Gasteiger partial charge is 0.343 e. The van der Waals surface area contributed by atoms with Gasteiger partial charge in [-0.1, -0.05) is 18.6 Å². The van der Waals surface area contributed by atoms with Crippen LogP contribution in [0.2, 0.25) is 0 Å². The number of piperidine rings is 1. The van der Waals surface area contributed by atoms with Crippen LogP contribution in [0.15, 0.2) is 24.3 Å². The fourth-order valence-corrected chi connectivity index (χ4v) is 8.63. The molecule has 3 aliphatic rings. The number of benzene rings is 1. The summed E-state index contributed by atoms with van der Waals surface area (Å²) in [6.07, 6.45) is 4.12. The Labute approximate surface area is 191 Å². The van der Waals surface area contributed by atoms with Crippen LogP contribution >= 0.6 is 11.3 Å². The van der Waals surface area contributed by atoms with Gasteiger partial charge < -0.3 is 15.5 Å². The molecule has 0 aliphatic carbocycles. The second kappa shape index (κ2) is 8.62. The van der Waals surface area contributed by atoms with Gasteiger partial charge in [0.25, 0.3) is 0 Å². The number of hydrogen-bond acceptors (Lipinski definition) is 6. The molecule has 0 radical (unpaired) electrons. The fraction of sp³-hybridized carbons (Fsp3) is 0.591.